The molecule has 6 nitrogen and oxygen atoms in total. The highest BCUT2D eigenvalue weighted by Crippen LogP contribution is 2.19. The number of allylic oxidation sites excluding steroid dienone is 3. The van der Waals surface area contributed by atoms with Crippen LogP contribution in [0.25, 0.3) is 0 Å². The third-order valence-electron chi connectivity index (χ3n) is 16.0. The number of hydrogen-bond donors (Lipinski definition) is 3. The summed E-state index contributed by atoms with van der Waals surface area (Å²) in [6, 6.07) is -0.546. The van der Waals surface area contributed by atoms with Crippen molar-refractivity contribution < 1.29 is 24.5 Å². The van der Waals surface area contributed by atoms with E-state index >= 15 is 0 Å². The number of nitrogens with one attached hydrogen (secondary N) is 1. The van der Waals surface area contributed by atoms with E-state index in [1.54, 1.807) is 0 Å². The Hall–Kier alpha value is -1.66. The van der Waals surface area contributed by atoms with Crippen LogP contribution in [0.3, 0.4) is 0 Å². The van der Waals surface area contributed by atoms with Crippen molar-refractivity contribution in [1.82, 2.24) is 5.32 Å². The Balaban J connectivity index is 3.43. The third-order valence-corrected chi connectivity index (χ3v) is 16.0. The number of rotatable bonds is 64. The molecule has 0 saturated heterocycles. The van der Waals surface area contributed by atoms with Gasteiger partial charge >= 0.3 is 5.97 Å². The topological polar surface area (TPSA) is 95.9 Å². The number of aliphatic hydroxyl groups is 2. The molecular formula is C69H133NO5. The summed E-state index contributed by atoms with van der Waals surface area (Å²) in [6.07, 6.45) is 80.8. The Labute approximate surface area is 469 Å². The third kappa shape index (κ3) is 61.4. The molecule has 3 N–H and O–H groups in total. The van der Waals surface area contributed by atoms with Crippen LogP contribution in [0.1, 0.15) is 380 Å². The fraction of sp³-hybridized carbons (Fsp3) is 0.913. The molecule has 6 heteroatoms. The summed E-state index contributed by atoms with van der Waals surface area (Å²) in [5.74, 6) is -0.0664. The van der Waals surface area contributed by atoms with Crippen LogP contribution in [0.5, 0.6) is 0 Å². The highest BCUT2D eigenvalue weighted by atomic mass is 16.5. The fourth-order valence-electron chi connectivity index (χ4n) is 10.8. The standard InChI is InChI=1S/C69H133NO5/c1-3-5-7-9-11-13-15-17-19-21-22-24-27-30-33-37-41-45-49-53-57-61-67(72)66(65-71)70-68(73)62-58-54-50-46-42-38-34-31-28-25-23-26-29-32-36-40-44-48-52-56-60-64-75-69(74)63-59-55-51-47-43-39-35-20-18-16-14-12-10-8-6-4-2/h40,44,52,56,66-67,71-72H,3-39,41-43,45-51,53-55,57-65H2,1-2H3,(H,70,73)/b44-40-,56-52-. The van der Waals surface area contributed by atoms with Gasteiger partial charge in [0.05, 0.1) is 25.4 Å². The lowest BCUT2D eigenvalue weighted by molar-refractivity contribution is -0.143. The molecular weight excluding hydrogens is 923 g/mol. The van der Waals surface area contributed by atoms with E-state index in [2.05, 4.69) is 43.5 Å². The minimum absolute atomic E-state index is 0.0308. The van der Waals surface area contributed by atoms with Crippen LogP contribution in [0.4, 0.5) is 0 Å². The first kappa shape index (κ1) is 73.3. The molecule has 0 bridgehead atoms. The number of carbonyl (C=O) groups excluding carboxylic acids is 2. The minimum atomic E-state index is -0.669. The zero-order chi connectivity index (χ0) is 54.3. The van der Waals surface area contributed by atoms with E-state index in [9.17, 15) is 19.8 Å². The lowest BCUT2D eigenvalue weighted by Crippen LogP contribution is -2.45. The normalized spacial score (nSPS) is 12.6. The number of ether oxygens (including phenoxy) is 1. The monoisotopic (exact) mass is 1060 g/mol. The van der Waals surface area contributed by atoms with E-state index < -0.39 is 12.1 Å². The van der Waals surface area contributed by atoms with Crippen molar-refractivity contribution in [3.8, 4) is 0 Å². The first-order valence-electron chi connectivity index (χ1n) is 34.1. The molecule has 2 atom stereocenters. The first-order chi connectivity index (χ1) is 37.0. The highest BCUT2D eigenvalue weighted by molar-refractivity contribution is 5.76. The molecule has 0 aliphatic heterocycles. The SMILES string of the molecule is CCCCCCCCCCCCCCCCCCCCCCCC(O)C(CO)NC(=O)CCCCCCCCCCCCCCCC/C=C\C/C=C\CCOC(=O)CCCCCCCCCCCCCCCCCC. The maximum atomic E-state index is 12.5. The van der Waals surface area contributed by atoms with Crippen molar-refractivity contribution in [2.24, 2.45) is 0 Å². The number of amides is 1. The first-order valence-corrected chi connectivity index (χ1v) is 34.1. The molecule has 0 aromatic heterocycles. The maximum absolute atomic E-state index is 12.5. The predicted octanol–water partition coefficient (Wildman–Crippen LogP) is 21.8. The molecule has 0 aromatic carbocycles. The highest BCUT2D eigenvalue weighted by Gasteiger charge is 2.20. The molecule has 2 unspecified atom stereocenters. The number of unbranched alkanes of at least 4 members (excludes halogenated alkanes) is 49. The van der Waals surface area contributed by atoms with Gasteiger partial charge in [-0.15, -0.1) is 0 Å². The van der Waals surface area contributed by atoms with Gasteiger partial charge in [-0.2, -0.15) is 0 Å². The van der Waals surface area contributed by atoms with Crippen molar-refractivity contribution in [3.63, 3.8) is 0 Å². The van der Waals surface area contributed by atoms with Crippen LogP contribution in [-0.4, -0.2) is 47.4 Å². The Kier molecular flexibility index (Phi) is 63.4. The van der Waals surface area contributed by atoms with Gasteiger partial charge in [-0.3, -0.25) is 9.59 Å². The Morgan fingerprint density at radius 3 is 1.01 bits per heavy atom. The molecule has 0 fully saturated rings. The van der Waals surface area contributed by atoms with E-state index in [0.717, 1.165) is 51.4 Å². The van der Waals surface area contributed by atoms with Crippen molar-refractivity contribution in [1.29, 1.82) is 0 Å². The summed E-state index contributed by atoms with van der Waals surface area (Å²) in [4.78, 5) is 24.6. The summed E-state index contributed by atoms with van der Waals surface area (Å²) >= 11 is 0. The quantitative estimate of drug-likeness (QED) is 0.0320. The summed E-state index contributed by atoms with van der Waals surface area (Å²) in [5.41, 5.74) is 0. The fourth-order valence-corrected chi connectivity index (χ4v) is 10.8. The molecule has 0 heterocycles. The molecule has 444 valence electrons. The minimum Gasteiger partial charge on any atom is -0.465 e. The molecule has 1 amide bonds. The van der Waals surface area contributed by atoms with E-state index in [0.29, 0.717) is 25.9 Å². The Morgan fingerprint density at radius 1 is 0.373 bits per heavy atom. The van der Waals surface area contributed by atoms with E-state index in [1.165, 1.54) is 295 Å². The van der Waals surface area contributed by atoms with Gasteiger partial charge in [-0.05, 0) is 44.9 Å². The lowest BCUT2D eigenvalue weighted by Gasteiger charge is -2.22. The maximum Gasteiger partial charge on any atom is 0.305 e. The zero-order valence-corrected chi connectivity index (χ0v) is 50.8. The van der Waals surface area contributed by atoms with Gasteiger partial charge in [0.25, 0.3) is 0 Å². The summed E-state index contributed by atoms with van der Waals surface area (Å²) < 4.78 is 5.43. The van der Waals surface area contributed by atoms with Crippen LogP contribution in [0, 0.1) is 0 Å². The van der Waals surface area contributed by atoms with Crippen LogP contribution < -0.4 is 5.32 Å². The van der Waals surface area contributed by atoms with Crippen LogP contribution in [0.2, 0.25) is 0 Å². The second kappa shape index (κ2) is 64.9. The van der Waals surface area contributed by atoms with Crippen molar-refractivity contribution >= 4 is 11.9 Å². The number of hydrogen-bond acceptors (Lipinski definition) is 5. The van der Waals surface area contributed by atoms with Crippen LogP contribution in [0.15, 0.2) is 24.3 Å². The molecule has 75 heavy (non-hydrogen) atoms. The summed E-state index contributed by atoms with van der Waals surface area (Å²) in [6.45, 7) is 4.88. The predicted molar refractivity (Wildman–Crippen MR) is 329 cm³/mol. The van der Waals surface area contributed by atoms with Crippen molar-refractivity contribution in [2.75, 3.05) is 13.2 Å². The number of esters is 1. The average molecular weight is 1060 g/mol. The summed E-state index contributed by atoms with van der Waals surface area (Å²) in [5, 5.41) is 23.4. The van der Waals surface area contributed by atoms with Gasteiger partial charge < -0.3 is 20.3 Å². The number of aliphatic hydroxyl groups excluding tert-OH is 2. The van der Waals surface area contributed by atoms with Crippen molar-refractivity contribution in [2.45, 2.75) is 392 Å². The van der Waals surface area contributed by atoms with Gasteiger partial charge in [-0.1, -0.05) is 346 Å². The molecule has 0 aliphatic carbocycles. The van der Waals surface area contributed by atoms with Crippen LogP contribution >= 0.6 is 0 Å². The van der Waals surface area contributed by atoms with Gasteiger partial charge in [-0.25, -0.2) is 0 Å². The Bertz CT molecular complexity index is 1170. The number of carbonyl (C=O) groups is 2. The molecule has 0 radical (unpaired) electrons. The largest absolute Gasteiger partial charge is 0.465 e. The molecule has 0 aromatic rings. The van der Waals surface area contributed by atoms with Crippen LogP contribution in [-0.2, 0) is 14.3 Å². The zero-order valence-electron chi connectivity index (χ0n) is 50.8. The summed E-state index contributed by atoms with van der Waals surface area (Å²) in [7, 11) is 0. The average Bonchev–Trinajstić information content (AvgIpc) is 3.41. The molecule has 0 spiro atoms. The molecule has 0 saturated carbocycles. The Morgan fingerprint density at radius 2 is 0.667 bits per heavy atom. The van der Waals surface area contributed by atoms with Gasteiger partial charge in [0.1, 0.15) is 0 Å². The molecule has 0 rings (SSSR count). The van der Waals surface area contributed by atoms with Gasteiger partial charge in [0.2, 0.25) is 5.91 Å². The smallest absolute Gasteiger partial charge is 0.305 e. The van der Waals surface area contributed by atoms with Gasteiger partial charge in [0, 0.05) is 12.8 Å². The van der Waals surface area contributed by atoms with Gasteiger partial charge in [0.15, 0.2) is 0 Å². The molecule has 0 aliphatic rings. The van der Waals surface area contributed by atoms with E-state index in [1.807, 2.05) is 0 Å². The second-order valence-corrected chi connectivity index (χ2v) is 23.5. The van der Waals surface area contributed by atoms with Crippen molar-refractivity contribution in [3.05, 3.63) is 24.3 Å². The van der Waals surface area contributed by atoms with E-state index in [-0.39, 0.29) is 18.5 Å². The second-order valence-electron chi connectivity index (χ2n) is 23.5. The lowest BCUT2D eigenvalue weighted by atomic mass is 10.0. The van der Waals surface area contributed by atoms with E-state index in [4.69, 9.17) is 4.74 Å².